The Kier molecular flexibility index (Phi) is 3.51. The van der Waals surface area contributed by atoms with Crippen molar-refractivity contribution in [2.75, 3.05) is 12.4 Å². The Balaban J connectivity index is 1.84. The number of nitrogens with zero attached hydrogens (tertiary/aromatic N) is 3. The first-order chi connectivity index (χ1) is 10.2. The summed E-state index contributed by atoms with van der Waals surface area (Å²) in [5.41, 5.74) is 2.84. The summed E-state index contributed by atoms with van der Waals surface area (Å²) in [6, 6.07) is 13.7. The summed E-state index contributed by atoms with van der Waals surface area (Å²) in [4.78, 5) is 15.6. The fraction of sp³-hybridized carbons (Fsp3) is 0.133. The SMILES string of the molecule is CNC(=O)Nc1cn2nc(Cc3ccccc3)ccc2n1. The van der Waals surface area contributed by atoms with Crippen molar-refractivity contribution in [1.29, 1.82) is 0 Å². The number of fused-ring (bicyclic) bond motifs is 1. The number of amides is 2. The molecule has 1 aromatic carbocycles. The highest BCUT2D eigenvalue weighted by molar-refractivity contribution is 5.88. The lowest BCUT2D eigenvalue weighted by atomic mass is 10.1. The van der Waals surface area contributed by atoms with Gasteiger partial charge in [0.2, 0.25) is 0 Å². The van der Waals surface area contributed by atoms with E-state index in [4.69, 9.17) is 0 Å². The van der Waals surface area contributed by atoms with Gasteiger partial charge < -0.3 is 5.32 Å². The van der Waals surface area contributed by atoms with Crippen molar-refractivity contribution in [3.8, 4) is 0 Å². The zero-order valence-corrected chi connectivity index (χ0v) is 11.6. The van der Waals surface area contributed by atoms with E-state index in [0.717, 1.165) is 12.1 Å². The molecule has 0 unspecified atom stereocenters. The molecule has 0 saturated heterocycles. The highest BCUT2D eigenvalue weighted by Gasteiger charge is 2.06. The van der Waals surface area contributed by atoms with Crippen molar-refractivity contribution in [3.63, 3.8) is 0 Å². The van der Waals surface area contributed by atoms with Gasteiger partial charge in [-0.05, 0) is 17.7 Å². The highest BCUT2D eigenvalue weighted by atomic mass is 16.2. The zero-order valence-electron chi connectivity index (χ0n) is 11.6. The number of hydrogen-bond donors (Lipinski definition) is 2. The van der Waals surface area contributed by atoms with Gasteiger partial charge in [0.05, 0.1) is 11.9 Å². The monoisotopic (exact) mass is 281 g/mol. The molecule has 0 aliphatic heterocycles. The third-order valence-corrected chi connectivity index (χ3v) is 3.07. The third kappa shape index (κ3) is 3.00. The van der Waals surface area contributed by atoms with Crippen LogP contribution in [0.4, 0.5) is 10.6 Å². The molecular formula is C15H15N5O. The maximum atomic E-state index is 11.3. The van der Waals surface area contributed by atoms with Crippen LogP contribution in [0.1, 0.15) is 11.3 Å². The highest BCUT2D eigenvalue weighted by Crippen LogP contribution is 2.11. The summed E-state index contributed by atoms with van der Waals surface area (Å²) in [5, 5.41) is 9.62. The van der Waals surface area contributed by atoms with Gasteiger partial charge in [0.15, 0.2) is 11.5 Å². The van der Waals surface area contributed by atoms with Gasteiger partial charge in [-0.3, -0.25) is 5.32 Å². The Morgan fingerprint density at radius 3 is 2.76 bits per heavy atom. The van der Waals surface area contributed by atoms with Crippen molar-refractivity contribution in [2.45, 2.75) is 6.42 Å². The molecule has 2 amide bonds. The van der Waals surface area contributed by atoms with Crippen molar-refractivity contribution in [1.82, 2.24) is 19.9 Å². The van der Waals surface area contributed by atoms with E-state index in [2.05, 4.69) is 32.8 Å². The van der Waals surface area contributed by atoms with Crippen LogP contribution >= 0.6 is 0 Å². The van der Waals surface area contributed by atoms with Gasteiger partial charge >= 0.3 is 6.03 Å². The average molecular weight is 281 g/mol. The molecule has 2 N–H and O–H groups in total. The average Bonchev–Trinajstić information content (AvgIpc) is 2.89. The second-order valence-electron chi connectivity index (χ2n) is 4.62. The van der Waals surface area contributed by atoms with E-state index < -0.39 is 0 Å². The van der Waals surface area contributed by atoms with Gasteiger partial charge in [-0.1, -0.05) is 30.3 Å². The van der Waals surface area contributed by atoms with Crippen molar-refractivity contribution in [3.05, 3.63) is 59.9 Å². The van der Waals surface area contributed by atoms with Crippen LogP contribution in [-0.4, -0.2) is 27.7 Å². The van der Waals surface area contributed by atoms with Gasteiger partial charge in [-0.25, -0.2) is 14.3 Å². The summed E-state index contributed by atoms with van der Waals surface area (Å²) in [5.74, 6) is 0.471. The lowest BCUT2D eigenvalue weighted by molar-refractivity contribution is 0.254. The van der Waals surface area contributed by atoms with E-state index in [1.54, 1.807) is 17.8 Å². The zero-order chi connectivity index (χ0) is 14.7. The smallest absolute Gasteiger partial charge is 0.320 e. The Morgan fingerprint density at radius 1 is 1.19 bits per heavy atom. The molecule has 21 heavy (non-hydrogen) atoms. The van der Waals surface area contributed by atoms with Crippen LogP contribution in [0, 0.1) is 0 Å². The molecule has 2 aromatic heterocycles. The Hall–Kier alpha value is -2.89. The first kappa shape index (κ1) is 13.1. The predicted molar refractivity (Wildman–Crippen MR) is 80.3 cm³/mol. The first-order valence-electron chi connectivity index (χ1n) is 6.62. The Labute approximate surface area is 121 Å². The van der Waals surface area contributed by atoms with E-state index in [1.807, 2.05) is 30.3 Å². The molecule has 0 spiro atoms. The molecular weight excluding hydrogens is 266 g/mol. The standard InChI is InChI=1S/C15H15N5O/c1-16-15(21)18-13-10-20-14(17-13)8-7-12(19-20)9-11-5-3-2-4-6-11/h2-8,10H,9H2,1H3,(H2,16,18,21). The molecule has 106 valence electrons. The molecule has 0 fully saturated rings. The number of hydrogen-bond acceptors (Lipinski definition) is 3. The number of benzene rings is 1. The lowest BCUT2D eigenvalue weighted by Gasteiger charge is -2.01. The molecule has 3 aromatic rings. The van der Waals surface area contributed by atoms with E-state index in [0.29, 0.717) is 11.5 Å². The molecule has 6 heteroatoms. The number of anilines is 1. The number of imidazole rings is 1. The first-order valence-corrected chi connectivity index (χ1v) is 6.62. The molecule has 3 rings (SSSR count). The fourth-order valence-electron chi connectivity index (χ4n) is 2.06. The van der Waals surface area contributed by atoms with Crippen LogP contribution in [0.25, 0.3) is 5.65 Å². The summed E-state index contributed by atoms with van der Waals surface area (Å²) in [6.07, 6.45) is 2.45. The molecule has 0 aliphatic rings. The molecule has 0 radical (unpaired) electrons. The number of rotatable bonds is 3. The van der Waals surface area contributed by atoms with E-state index in [9.17, 15) is 4.79 Å². The maximum absolute atomic E-state index is 11.3. The summed E-state index contributed by atoms with van der Waals surface area (Å²) >= 11 is 0. The van der Waals surface area contributed by atoms with E-state index in [-0.39, 0.29) is 6.03 Å². The molecule has 6 nitrogen and oxygen atoms in total. The van der Waals surface area contributed by atoms with Crippen molar-refractivity contribution in [2.24, 2.45) is 0 Å². The van der Waals surface area contributed by atoms with Crippen LogP contribution in [0.2, 0.25) is 0 Å². The number of carbonyl (C=O) groups is 1. The Morgan fingerprint density at radius 2 is 2.00 bits per heavy atom. The molecule has 0 atom stereocenters. The predicted octanol–water partition coefficient (Wildman–Crippen LogP) is 2.07. The summed E-state index contributed by atoms with van der Waals surface area (Å²) in [6.45, 7) is 0. The minimum Gasteiger partial charge on any atom is -0.341 e. The number of nitrogens with one attached hydrogen (secondary N) is 2. The van der Waals surface area contributed by atoms with Crippen LogP contribution in [0.3, 0.4) is 0 Å². The lowest BCUT2D eigenvalue weighted by Crippen LogP contribution is -2.24. The second kappa shape index (κ2) is 5.62. The van der Waals surface area contributed by atoms with Gasteiger partial charge in [-0.2, -0.15) is 5.10 Å². The molecule has 2 heterocycles. The van der Waals surface area contributed by atoms with E-state index in [1.165, 1.54) is 5.56 Å². The van der Waals surface area contributed by atoms with Crippen LogP contribution in [0.15, 0.2) is 48.7 Å². The quantitative estimate of drug-likeness (QED) is 0.772. The molecule has 0 bridgehead atoms. The maximum Gasteiger partial charge on any atom is 0.320 e. The Bertz CT molecular complexity index is 766. The minimum absolute atomic E-state index is 0.303. The molecule has 0 aliphatic carbocycles. The molecule has 0 saturated carbocycles. The largest absolute Gasteiger partial charge is 0.341 e. The number of carbonyl (C=O) groups excluding carboxylic acids is 1. The normalized spacial score (nSPS) is 10.5. The van der Waals surface area contributed by atoms with Crippen LogP contribution < -0.4 is 10.6 Å². The van der Waals surface area contributed by atoms with E-state index >= 15 is 0 Å². The van der Waals surface area contributed by atoms with Crippen molar-refractivity contribution < 1.29 is 4.79 Å². The van der Waals surface area contributed by atoms with Gasteiger partial charge in [0, 0.05) is 13.5 Å². The summed E-state index contributed by atoms with van der Waals surface area (Å²) < 4.78 is 1.67. The van der Waals surface area contributed by atoms with Crippen LogP contribution in [-0.2, 0) is 6.42 Å². The summed E-state index contributed by atoms with van der Waals surface area (Å²) in [7, 11) is 1.56. The fourth-order valence-corrected chi connectivity index (χ4v) is 2.06. The second-order valence-corrected chi connectivity index (χ2v) is 4.62. The van der Waals surface area contributed by atoms with Gasteiger partial charge in [-0.15, -0.1) is 0 Å². The number of urea groups is 1. The van der Waals surface area contributed by atoms with Gasteiger partial charge in [0.1, 0.15) is 0 Å². The van der Waals surface area contributed by atoms with Gasteiger partial charge in [0.25, 0.3) is 0 Å². The minimum atomic E-state index is -0.303. The van der Waals surface area contributed by atoms with Crippen molar-refractivity contribution >= 4 is 17.5 Å². The third-order valence-electron chi connectivity index (χ3n) is 3.07. The van der Waals surface area contributed by atoms with Crippen LogP contribution in [0.5, 0.6) is 0 Å². The number of aromatic nitrogens is 3. The topological polar surface area (TPSA) is 71.3 Å².